The standard InChI is InChI=1S/C11H22N2O/c1-7-5-4-6-10(8(7)2)13-9(3)11(12)14/h7-10,13H,4-6H2,1-3H3,(H2,12,14). The molecule has 1 saturated carbocycles. The molecule has 0 aromatic rings. The Bertz CT molecular complexity index is 205. The third-order valence-electron chi connectivity index (χ3n) is 3.60. The molecule has 0 radical (unpaired) electrons. The quantitative estimate of drug-likeness (QED) is 0.717. The van der Waals surface area contributed by atoms with Crippen LogP contribution in [0.4, 0.5) is 0 Å². The van der Waals surface area contributed by atoms with E-state index in [2.05, 4.69) is 19.2 Å². The highest BCUT2D eigenvalue weighted by Crippen LogP contribution is 2.29. The van der Waals surface area contributed by atoms with Crippen LogP contribution in [0.15, 0.2) is 0 Å². The van der Waals surface area contributed by atoms with Crippen LogP contribution in [0.1, 0.15) is 40.0 Å². The van der Waals surface area contributed by atoms with Crippen molar-refractivity contribution in [3.8, 4) is 0 Å². The Morgan fingerprint density at radius 1 is 1.43 bits per heavy atom. The van der Waals surface area contributed by atoms with Gasteiger partial charge in [-0.25, -0.2) is 0 Å². The second kappa shape index (κ2) is 4.78. The molecule has 1 aliphatic carbocycles. The SMILES string of the molecule is CC(NC1CCCC(C)C1C)C(N)=O. The Kier molecular flexibility index (Phi) is 3.93. The molecule has 1 fully saturated rings. The first kappa shape index (κ1) is 11.5. The second-order valence-electron chi connectivity index (χ2n) is 4.66. The topological polar surface area (TPSA) is 55.1 Å². The van der Waals surface area contributed by atoms with Crippen LogP contribution in [-0.4, -0.2) is 18.0 Å². The van der Waals surface area contributed by atoms with Crippen molar-refractivity contribution in [1.82, 2.24) is 5.32 Å². The van der Waals surface area contributed by atoms with E-state index < -0.39 is 0 Å². The molecule has 1 amide bonds. The fourth-order valence-corrected chi connectivity index (χ4v) is 2.22. The van der Waals surface area contributed by atoms with Gasteiger partial charge in [-0.1, -0.05) is 26.7 Å². The van der Waals surface area contributed by atoms with Crippen molar-refractivity contribution in [3.05, 3.63) is 0 Å². The van der Waals surface area contributed by atoms with Gasteiger partial charge in [-0.3, -0.25) is 4.79 Å². The predicted octanol–water partition coefficient (Wildman–Crippen LogP) is 1.27. The molecule has 3 N–H and O–H groups in total. The van der Waals surface area contributed by atoms with Crippen LogP contribution < -0.4 is 11.1 Å². The lowest BCUT2D eigenvalue weighted by Crippen LogP contribution is -2.49. The molecule has 14 heavy (non-hydrogen) atoms. The molecule has 4 atom stereocenters. The van der Waals surface area contributed by atoms with E-state index in [9.17, 15) is 4.79 Å². The van der Waals surface area contributed by atoms with Crippen LogP contribution in [0.25, 0.3) is 0 Å². The minimum Gasteiger partial charge on any atom is -0.368 e. The zero-order valence-electron chi connectivity index (χ0n) is 9.42. The summed E-state index contributed by atoms with van der Waals surface area (Å²) in [5.74, 6) is 1.14. The Morgan fingerprint density at radius 3 is 2.64 bits per heavy atom. The number of carbonyl (C=O) groups excluding carboxylic acids is 1. The molecule has 82 valence electrons. The summed E-state index contributed by atoms with van der Waals surface area (Å²) in [5, 5.41) is 3.32. The van der Waals surface area contributed by atoms with Gasteiger partial charge in [0.05, 0.1) is 6.04 Å². The molecular weight excluding hydrogens is 176 g/mol. The third kappa shape index (κ3) is 2.71. The highest BCUT2D eigenvalue weighted by atomic mass is 16.1. The van der Waals surface area contributed by atoms with Gasteiger partial charge in [-0.05, 0) is 25.2 Å². The first-order chi connectivity index (χ1) is 6.52. The van der Waals surface area contributed by atoms with Crippen molar-refractivity contribution in [2.75, 3.05) is 0 Å². The molecule has 0 spiro atoms. The van der Waals surface area contributed by atoms with Crippen molar-refractivity contribution in [2.45, 2.75) is 52.1 Å². The minimum atomic E-state index is -0.254. The van der Waals surface area contributed by atoms with E-state index in [4.69, 9.17) is 5.73 Å². The van der Waals surface area contributed by atoms with Crippen LogP contribution >= 0.6 is 0 Å². The van der Waals surface area contributed by atoms with Crippen molar-refractivity contribution in [1.29, 1.82) is 0 Å². The normalized spacial score (nSPS) is 35.2. The largest absolute Gasteiger partial charge is 0.368 e. The van der Waals surface area contributed by atoms with Gasteiger partial charge in [0.1, 0.15) is 0 Å². The van der Waals surface area contributed by atoms with E-state index in [1.54, 1.807) is 0 Å². The van der Waals surface area contributed by atoms with Crippen molar-refractivity contribution < 1.29 is 4.79 Å². The zero-order valence-corrected chi connectivity index (χ0v) is 9.42. The molecule has 0 aromatic carbocycles. The van der Waals surface area contributed by atoms with E-state index in [-0.39, 0.29) is 11.9 Å². The van der Waals surface area contributed by atoms with E-state index in [0.29, 0.717) is 12.0 Å². The predicted molar refractivity (Wildman–Crippen MR) is 57.8 cm³/mol. The van der Waals surface area contributed by atoms with Crippen LogP contribution in [0, 0.1) is 11.8 Å². The van der Waals surface area contributed by atoms with Crippen LogP contribution in [0.2, 0.25) is 0 Å². The highest BCUT2D eigenvalue weighted by molar-refractivity contribution is 5.79. The van der Waals surface area contributed by atoms with Crippen molar-refractivity contribution in [3.63, 3.8) is 0 Å². The van der Waals surface area contributed by atoms with Gasteiger partial charge >= 0.3 is 0 Å². The molecule has 1 rings (SSSR count). The van der Waals surface area contributed by atoms with Crippen molar-refractivity contribution >= 4 is 5.91 Å². The van der Waals surface area contributed by atoms with Gasteiger partial charge in [0.25, 0.3) is 0 Å². The Hall–Kier alpha value is -0.570. The molecule has 0 saturated heterocycles. The van der Waals surface area contributed by atoms with Crippen LogP contribution in [-0.2, 0) is 4.79 Å². The lowest BCUT2D eigenvalue weighted by atomic mass is 9.78. The number of hydrogen-bond acceptors (Lipinski definition) is 2. The van der Waals surface area contributed by atoms with E-state index in [1.807, 2.05) is 6.92 Å². The van der Waals surface area contributed by atoms with E-state index >= 15 is 0 Å². The molecule has 3 heteroatoms. The summed E-state index contributed by atoms with van der Waals surface area (Å²) in [7, 11) is 0. The van der Waals surface area contributed by atoms with E-state index in [0.717, 1.165) is 5.92 Å². The molecular formula is C11H22N2O. The monoisotopic (exact) mass is 198 g/mol. The van der Waals surface area contributed by atoms with Gasteiger partial charge in [0.2, 0.25) is 5.91 Å². The second-order valence-corrected chi connectivity index (χ2v) is 4.66. The van der Waals surface area contributed by atoms with E-state index in [1.165, 1.54) is 19.3 Å². The number of nitrogens with one attached hydrogen (secondary N) is 1. The maximum atomic E-state index is 10.9. The van der Waals surface area contributed by atoms with Crippen LogP contribution in [0.3, 0.4) is 0 Å². The molecule has 0 bridgehead atoms. The summed E-state index contributed by atoms with van der Waals surface area (Å²) in [5.41, 5.74) is 5.23. The van der Waals surface area contributed by atoms with Crippen LogP contribution in [0.5, 0.6) is 0 Å². The lowest BCUT2D eigenvalue weighted by Gasteiger charge is -2.35. The summed E-state index contributed by atoms with van der Waals surface area (Å²) >= 11 is 0. The average Bonchev–Trinajstić information content (AvgIpc) is 2.12. The number of carbonyl (C=O) groups is 1. The Morgan fingerprint density at radius 2 is 2.07 bits per heavy atom. The summed E-state index contributed by atoms with van der Waals surface area (Å²) in [6.45, 7) is 6.39. The van der Waals surface area contributed by atoms with Gasteiger partial charge in [-0.15, -0.1) is 0 Å². The number of hydrogen-bond donors (Lipinski definition) is 2. The Labute approximate surface area is 86.4 Å². The Balaban J connectivity index is 2.46. The molecule has 0 aromatic heterocycles. The van der Waals surface area contributed by atoms with Gasteiger partial charge < -0.3 is 11.1 Å². The smallest absolute Gasteiger partial charge is 0.234 e. The molecule has 3 nitrogen and oxygen atoms in total. The zero-order chi connectivity index (χ0) is 10.7. The van der Waals surface area contributed by atoms with Crippen molar-refractivity contribution in [2.24, 2.45) is 17.6 Å². The highest BCUT2D eigenvalue weighted by Gasteiger charge is 2.28. The summed E-state index contributed by atoms with van der Waals surface area (Å²) in [4.78, 5) is 10.9. The number of amides is 1. The fourth-order valence-electron chi connectivity index (χ4n) is 2.22. The number of primary amides is 1. The summed E-state index contributed by atoms with van der Waals surface area (Å²) < 4.78 is 0. The average molecular weight is 198 g/mol. The number of rotatable bonds is 3. The molecule has 0 aliphatic heterocycles. The molecule has 1 aliphatic rings. The third-order valence-corrected chi connectivity index (χ3v) is 3.60. The summed E-state index contributed by atoms with van der Waals surface area (Å²) in [6, 6.07) is 0.258. The summed E-state index contributed by atoms with van der Waals surface area (Å²) in [6.07, 6.45) is 3.74. The van der Waals surface area contributed by atoms with Gasteiger partial charge in [0, 0.05) is 6.04 Å². The maximum absolute atomic E-state index is 10.9. The fraction of sp³-hybridized carbons (Fsp3) is 0.909. The maximum Gasteiger partial charge on any atom is 0.234 e. The first-order valence-electron chi connectivity index (χ1n) is 5.57. The minimum absolute atomic E-state index is 0.201. The lowest BCUT2D eigenvalue weighted by molar-refractivity contribution is -0.120. The number of nitrogens with two attached hydrogens (primary N) is 1. The molecule has 0 heterocycles. The molecule has 4 unspecified atom stereocenters. The van der Waals surface area contributed by atoms with Gasteiger partial charge in [0.15, 0.2) is 0 Å². The first-order valence-corrected chi connectivity index (χ1v) is 5.57. The van der Waals surface area contributed by atoms with Gasteiger partial charge in [-0.2, -0.15) is 0 Å².